The predicted molar refractivity (Wildman–Crippen MR) is 63.6 cm³/mol. The Morgan fingerprint density at radius 2 is 2.00 bits per heavy atom. The van der Waals surface area contributed by atoms with Crippen LogP contribution in [0.4, 0.5) is 4.39 Å². The summed E-state index contributed by atoms with van der Waals surface area (Å²) >= 11 is 0. The van der Waals surface area contributed by atoms with E-state index in [-0.39, 0.29) is 16.8 Å². The highest BCUT2D eigenvalue weighted by molar-refractivity contribution is 5.85. The molecule has 0 amide bonds. The number of benzene rings is 1. The molecule has 20 heavy (non-hydrogen) atoms. The molecule has 1 aromatic carbocycles. The molecule has 0 atom stereocenters. The van der Waals surface area contributed by atoms with Gasteiger partial charge in [0.2, 0.25) is 0 Å². The standard InChI is InChI=1S/C13H8FN3O3/c1-7-10(6-15)12(18)17(16-11(7)13(19)20)9-4-2-8(14)3-5-9/h2-5H,1H3,(H,19,20)/p-1. The zero-order valence-electron chi connectivity index (χ0n) is 10.3. The molecule has 2 aromatic rings. The van der Waals surface area contributed by atoms with Crippen LogP contribution in [0, 0.1) is 24.1 Å². The smallest absolute Gasteiger partial charge is 0.289 e. The lowest BCUT2D eigenvalue weighted by atomic mass is 10.1. The maximum absolute atomic E-state index is 12.9. The molecule has 0 aliphatic carbocycles. The fourth-order valence-corrected chi connectivity index (χ4v) is 1.69. The Kier molecular flexibility index (Phi) is 3.31. The highest BCUT2D eigenvalue weighted by Crippen LogP contribution is 2.10. The van der Waals surface area contributed by atoms with Crippen LogP contribution >= 0.6 is 0 Å². The molecule has 0 aliphatic heterocycles. The SMILES string of the molecule is Cc1c(C(=O)[O-])nn(-c2ccc(F)cc2)c(=O)c1C#N. The summed E-state index contributed by atoms with van der Waals surface area (Å²) in [5.74, 6) is -2.12. The highest BCUT2D eigenvalue weighted by atomic mass is 19.1. The van der Waals surface area contributed by atoms with E-state index in [9.17, 15) is 19.1 Å². The van der Waals surface area contributed by atoms with Crippen molar-refractivity contribution in [3.05, 3.63) is 57.3 Å². The zero-order chi connectivity index (χ0) is 14.9. The summed E-state index contributed by atoms with van der Waals surface area (Å²) in [6, 6.07) is 6.32. The minimum Gasteiger partial charge on any atom is -0.543 e. The van der Waals surface area contributed by atoms with Crippen molar-refractivity contribution in [1.29, 1.82) is 5.26 Å². The Morgan fingerprint density at radius 3 is 2.50 bits per heavy atom. The van der Waals surface area contributed by atoms with Crippen molar-refractivity contribution in [1.82, 2.24) is 9.78 Å². The van der Waals surface area contributed by atoms with E-state index in [0.717, 1.165) is 16.8 Å². The largest absolute Gasteiger partial charge is 0.543 e. The minimum atomic E-state index is -1.60. The molecule has 6 nitrogen and oxygen atoms in total. The number of rotatable bonds is 2. The molecule has 100 valence electrons. The van der Waals surface area contributed by atoms with Crippen molar-refractivity contribution in [3.8, 4) is 11.8 Å². The summed E-state index contributed by atoms with van der Waals surface area (Å²) in [7, 11) is 0. The van der Waals surface area contributed by atoms with Gasteiger partial charge in [-0.3, -0.25) is 4.79 Å². The monoisotopic (exact) mass is 272 g/mol. The topological polar surface area (TPSA) is 98.8 Å². The maximum atomic E-state index is 12.9. The van der Waals surface area contributed by atoms with Crippen LogP contribution < -0.4 is 10.7 Å². The van der Waals surface area contributed by atoms with Crippen molar-refractivity contribution in [3.63, 3.8) is 0 Å². The van der Waals surface area contributed by atoms with E-state index >= 15 is 0 Å². The number of aromatic carboxylic acids is 1. The average molecular weight is 272 g/mol. The van der Waals surface area contributed by atoms with Crippen molar-refractivity contribution < 1.29 is 14.3 Å². The van der Waals surface area contributed by atoms with Gasteiger partial charge < -0.3 is 9.90 Å². The Labute approximate surface area is 112 Å². The number of hydrogen-bond donors (Lipinski definition) is 0. The van der Waals surface area contributed by atoms with Crippen molar-refractivity contribution in [2.75, 3.05) is 0 Å². The molecule has 0 fully saturated rings. The number of carbonyl (C=O) groups excluding carboxylic acids is 1. The summed E-state index contributed by atoms with van der Waals surface area (Å²) in [6.07, 6.45) is 0. The fraction of sp³-hybridized carbons (Fsp3) is 0.0769. The molecule has 1 aromatic heterocycles. The number of nitrogens with zero attached hydrogens (tertiary/aromatic N) is 3. The Morgan fingerprint density at radius 1 is 1.40 bits per heavy atom. The number of halogens is 1. The van der Waals surface area contributed by atoms with Crippen molar-refractivity contribution >= 4 is 5.97 Å². The Balaban J connectivity index is 2.81. The number of hydrogen-bond acceptors (Lipinski definition) is 5. The molecule has 0 aliphatic rings. The van der Waals surface area contributed by atoms with Gasteiger partial charge in [-0.15, -0.1) is 0 Å². The molecular formula is C13H7FN3O3-. The molecule has 7 heteroatoms. The maximum Gasteiger partial charge on any atom is 0.289 e. The van der Waals surface area contributed by atoms with E-state index in [2.05, 4.69) is 5.10 Å². The molecule has 0 bridgehead atoms. The van der Waals surface area contributed by atoms with Gasteiger partial charge in [-0.05, 0) is 31.2 Å². The first kappa shape index (κ1) is 13.4. The molecule has 0 radical (unpaired) electrons. The zero-order valence-corrected chi connectivity index (χ0v) is 10.3. The fourth-order valence-electron chi connectivity index (χ4n) is 1.69. The average Bonchev–Trinajstić information content (AvgIpc) is 2.40. The number of carboxylic acids is 1. The van der Waals surface area contributed by atoms with Gasteiger partial charge in [0.05, 0.1) is 11.7 Å². The minimum absolute atomic E-state index is 0.0594. The summed E-state index contributed by atoms with van der Waals surface area (Å²) in [4.78, 5) is 23.0. The number of carbonyl (C=O) groups is 1. The van der Waals surface area contributed by atoms with Gasteiger partial charge in [-0.2, -0.15) is 15.0 Å². The van der Waals surface area contributed by atoms with E-state index < -0.39 is 23.0 Å². The van der Waals surface area contributed by atoms with E-state index in [1.54, 1.807) is 6.07 Å². The van der Waals surface area contributed by atoms with Crippen LogP contribution in [0.25, 0.3) is 5.69 Å². The summed E-state index contributed by atoms with van der Waals surface area (Å²) in [6.45, 7) is 1.30. The quantitative estimate of drug-likeness (QED) is 0.761. The third kappa shape index (κ3) is 2.14. The first-order chi connectivity index (χ1) is 9.45. The summed E-state index contributed by atoms with van der Waals surface area (Å²) < 4.78 is 13.6. The highest BCUT2D eigenvalue weighted by Gasteiger charge is 2.15. The Hall–Kier alpha value is -3.01. The lowest BCUT2D eigenvalue weighted by molar-refractivity contribution is -0.255. The van der Waals surface area contributed by atoms with Gasteiger partial charge in [0.25, 0.3) is 5.56 Å². The molecule has 0 saturated heterocycles. The normalized spacial score (nSPS) is 10.1. The third-order valence-electron chi connectivity index (χ3n) is 2.71. The molecule has 1 heterocycles. The van der Waals surface area contributed by atoms with E-state index in [0.29, 0.717) is 0 Å². The second kappa shape index (κ2) is 4.93. The van der Waals surface area contributed by atoms with Crippen LogP contribution in [0.5, 0.6) is 0 Å². The summed E-state index contributed by atoms with van der Waals surface area (Å²) in [5, 5.41) is 23.6. The molecular weight excluding hydrogens is 265 g/mol. The van der Waals surface area contributed by atoms with Crippen molar-refractivity contribution in [2.45, 2.75) is 6.92 Å². The lowest BCUT2D eigenvalue weighted by Gasteiger charge is -2.11. The molecule has 2 rings (SSSR count). The van der Waals surface area contributed by atoms with Crippen LogP contribution in [-0.4, -0.2) is 15.7 Å². The van der Waals surface area contributed by atoms with Gasteiger partial charge in [-0.25, -0.2) is 4.39 Å². The van der Waals surface area contributed by atoms with Crippen LogP contribution in [0.1, 0.15) is 21.6 Å². The van der Waals surface area contributed by atoms with Gasteiger partial charge in [0.1, 0.15) is 23.1 Å². The first-order valence-electron chi connectivity index (χ1n) is 5.47. The van der Waals surface area contributed by atoms with Crippen molar-refractivity contribution in [2.24, 2.45) is 0 Å². The first-order valence-corrected chi connectivity index (χ1v) is 5.47. The molecule has 0 spiro atoms. The van der Waals surface area contributed by atoms with Gasteiger partial charge in [0, 0.05) is 5.56 Å². The molecule has 0 N–H and O–H groups in total. The van der Waals surface area contributed by atoms with E-state index in [1.165, 1.54) is 19.1 Å². The van der Waals surface area contributed by atoms with Gasteiger partial charge in [0.15, 0.2) is 0 Å². The van der Waals surface area contributed by atoms with E-state index in [4.69, 9.17) is 5.26 Å². The molecule has 0 saturated carbocycles. The second-order valence-electron chi connectivity index (χ2n) is 3.94. The Bertz CT molecular complexity index is 788. The number of aromatic nitrogens is 2. The van der Waals surface area contributed by atoms with Crippen LogP contribution in [0.2, 0.25) is 0 Å². The van der Waals surface area contributed by atoms with Crippen LogP contribution in [0.15, 0.2) is 29.1 Å². The third-order valence-corrected chi connectivity index (χ3v) is 2.71. The number of nitriles is 1. The molecule has 0 unspecified atom stereocenters. The van der Waals surface area contributed by atoms with Crippen LogP contribution in [-0.2, 0) is 0 Å². The van der Waals surface area contributed by atoms with Gasteiger partial charge >= 0.3 is 0 Å². The second-order valence-corrected chi connectivity index (χ2v) is 3.94. The van der Waals surface area contributed by atoms with Gasteiger partial charge in [-0.1, -0.05) is 0 Å². The predicted octanol–water partition coefficient (Wildman–Crippen LogP) is -0.0848. The van der Waals surface area contributed by atoms with Crippen LogP contribution in [0.3, 0.4) is 0 Å². The lowest BCUT2D eigenvalue weighted by Crippen LogP contribution is -2.32. The van der Waals surface area contributed by atoms with E-state index in [1.807, 2.05) is 0 Å². The summed E-state index contributed by atoms with van der Waals surface area (Å²) in [5.41, 5.74) is -1.54. The number of carboxylic acid groups (broad SMARTS) is 1.